The van der Waals surface area contributed by atoms with E-state index in [9.17, 15) is 0 Å². The fourth-order valence-electron chi connectivity index (χ4n) is 3.52. The zero-order valence-electron chi connectivity index (χ0n) is 15.5. The molecule has 21 heavy (non-hydrogen) atoms. The lowest BCUT2D eigenvalue weighted by Gasteiger charge is -2.39. The molecule has 0 aromatic rings. The average molecular weight is 297 g/mol. The van der Waals surface area contributed by atoms with Crippen molar-refractivity contribution in [2.45, 2.75) is 85.7 Å². The average Bonchev–Trinajstić information content (AvgIpc) is 2.89. The largest absolute Gasteiger partial charge is 0.315 e. The second kappa shape index (κ2) is 9.84. The Labute approximate surface area is 134 Å². The van der Waals surface area contributed by atoms with E-state index >= 15 is 0 Å². The van der Waals surface area contributed by atoms with Gasteiger partial charge in [0.05, 0.1) is 0 Å². The number of rotatable bonds is 10. The van der Waals surface area contributed by atoms with Gasteiger partial charge in [0, 0.05) is 18.6 Å². The molecule has 0 heterocycles. The van der Waals surface area contributed by atoms with E-state index in [0.29, 0.717) is 6.04 Å². The maximum atomic E-state index is 3.72. The molecule has 0 saturated heterocycles. The summed E-state index contributed by atoms with van der Waals surface area (Å²) in [5.74, 6) is 2.29. The fourth-order valence-corrected chi connectivity index (χ4v) is 3.52. The Morgan fingerprint density at radius 3 is 2.00 bits per heavy atom. The van der Waals surface area contributed by atoms with Crippen LogP contribution in [0.5, 0.6) is 0 Å². The minimum Gasteiger partial charge on any atom is -0.315 e. The van der Waals surface area contributed by atoms with Crippen LogP contribution in [-0.2, 0) is 0 Å². The molecule has 1 N–H and O–H groups in total. The summed E-state index contributed by atoms with van der Waals surface area (Å²) < 4.78 is 0. The molecule has 1 fully saturated rings. The summed E-state index contributed by atoms with van der Waals surface area (Å²) in [4.78, 5) is 2.87. The van der Waals surface area contributed by atoms with Crippen molar-refractivity contribution in [3.05, 3.63) is 0 Å². The maximum Gasteiger partial charge on any atom is 0.0246 e. The summed E-state index contributed by atoms with van der Waals surface area (Å²) in [6.07, 6.45) is 7.06. The SMILES string of the molecule is CC(C)CCN(C1CCCC1)C(CNCC(C)C)C(C)C. The van der Waals surface area contributed by atoms with Gasteiger partial charge in [-0.1, -0.05) is 54.4 Å². The Morgan fingerprint density at radius 2 is 1.52 bits per heavy atom. The lowest BCUT2D eigenvalue weighted by atomic mass is 9.98. The number of hydrogen-bond acceptors (Lipinski definition) is 2. The van der Waals surface area contributed by atoms with Crippen molar-refractivity contribution in [3.8, 4) is 0 Å². The first-order valence-electron chi connectivity index (χ1n) is 9.38. The third kappa shape index (κ3) is 7.15. The zero-order chi connectivity index (χ0) is 15.8. The lowest BCUT2D eigenvalue weighted by Crippen LogP contribution is -2.50. The smallest absolute Gasteiger partial charge is 0.0246 e. The van der Waals surface area contributed by atoms with Crippen molar-refractivity contribution in [1.29, 1.82) is 0 Å². The van der Waals surface area contributed by atoms with E-state index in [1.165, 1.54) is 38.6 Å². The molecule has 2 nitrogen and oxygen atoms in total. The third-order valence-corrected chi connectivity index (χ3v) is 4.86. The molecule has 1 rings (SSSR count). The lowest BCUT2D eigenvalue weighted by molar-refractivity contribution is 0.0949. The van der Waals surface area contributed by atoms with Crippen LogP contribution in [0.1, 0.15) is 73.6 Å². The molecule has 0 spiro atoms. The number of nitrogens with one attached hydrogen (secondary N) is 1. The van der Waals surface area contributed by atoms with Crippen LogP contribution in [-0.4, -0.2) is 36.6 Å². The predicted molar refractivity (Wildman–Crippen MR) is 94.8 cm³/mol. The van der Waals surface area contributed by atoms with Crippen molar-refractivity contribution >= 4 is 0 Å². The molecule has 0 bridgehead atoms. The summed E-state index contributed by atoms with van der Waals surface area (Å²) in [5, 5.41) is 3.72. The van der Waals surface area contributed by atoms with Crippen molar-refractivity contribution in [2.24, 2.45) is 17.8 Å². The van der Waals surface area contributed by atoms with Gasteiger partial charge in [-0.2, -0.15) is 0 Å². The molecule has 0 amide bonds. The summed E-state index contributed by atoms with van der Waals surface area (Å²) >= 11 is 0. The summed E-state index contributed by atoms with van der Waals surface area (Å²) in [6.45, 7) is 17.7. The molecule has 126 valence electrons. The van der Waals surface area contributed by atoms with Crippen molar-refractivity contribution in [2.75, 3.05) is 19.6 Å². The van der Waals surface area contributed by atoms with Gasteiger partial charge in [-0.3, -0.25) is 4.90 Å². The minimum atomic E-state index is 0.700. The molecule has 0 aromatic carbocycles. The molecule has 1 aliphatic rings. The van der Waals surface area contributed by atoms with E-state index in [0.717, 1.165) is 36.9 Å². The Balaban J connectivity index is 2.64. The van der Waals surface area contributed by atoms with Gasteiger partial charge in [0.1, 0.15) is 0 Å². The van der Waals surface area contributed by atoms with Gasteiger partial charge in [-0.15, -0.1) is 0 Å². The van der Waals surface area contributed by atoms with Crippen LogP contribution in [0.25, 0.3) is 0 Å². The molecular weight excluding hydrogens is 256 g/mol. The quantitative estimate of drug-likeness (QED) is 0.636. The molecule has 2 heteroatoms. The van der Waals surface area contributed by atoms with Gasteiger partial charge in [-0.25, -0.2) is 0 Å². The van der Waals surface area contributed by atoms with E-state index in [2.05, 4.69) is 51.8 Å². The molecule has 0 aliphatic heterocycles. The highest BCUT2D eigenvalue weighted by Crippen LogP contribution is 2.27. The van der Waals surface area contributed by atoms with E-state index in [1.54, 1.807) is 0 Å². The van der Waals surface area contributed by atoms with E-state index in [4.69, 9.17) is 0 Å². The maximum absolute atomic E-state index is 3.72. The molecule has 1 unspecified atom stereocenters. The molecule has 1 saturated carbocycles. The summed E-state index contributed by atoms with van der Waals surface area (Å²) in [6, 6.07) is 1.54. The second-order valence-electron chi connectivity index (χ2n) is 8.22. The Kier molecular flexibility index (Phi) is 8.89. The Morgan fingerprint density at radius 1 is 0.905 bits per heavy atom. The first-order valence-corrected chi connectivity index (χ1v) is 9.38. The molecule has 1 atom stereocenters. The minimum absolute atomic E-state index is 0.700. The first-order chi connectivity index (χ1) is 9.91. The third-order valence-electron chi connectivity index (χ3n) is 4.86. The molecule has 0 aromatic heterocycles. The molecule has 0 radical (unpaired) electrons. The van der Waals surface area contributed by atoms with E-state index in [1.807, 2.05) is 0 Å². The molecular formula is C19H40N2. The van der Waals surface area contributed by atoms with Crippen molar-refractivity contribution < 1.29 is 0 Å². The van der Waals surface area contributed by atoms with Gasteiger partial charge in [-0.05, 0) is 50.1 Å². The second-order valence-corrected chi connectivity index (χ2v) is 8.22. The van der Waals surface area contributed by atoms with E-state index < -0.39 is 0 Å². The van der Waals surface area contributed by atoms with Gasteiger partial charge >= 0.3 is 0 Å². The zero-order valence-corrected chi connectivity index (χ0v) is 15.5. The predicted octanol–water partition coefficient (Wildman–Crippen LogP) is 4.55. The standard InChI is InChI=1S/C19H40N2/c1-15(2)11-12-21(18-9-7-8-10-18)19(17(5)6)14-20-13-16(3)4/h15-20H,7-14H2,1-6H3. The topological polar surface area (TPSA) is 15.3 Å². The summed E-state index contributed by atoms with van der Waals surface area (Å²) in [5.41, 5.74) is 0. The number of hydrogen-bond donors (Lipinski definition) is 1. The Bertz CT molecular complexity index is 254. The van der Waals surface area contributed by atoms with Crippen LogP contribution in [0.3, 0.4) is 0 Å². The van der Waals surface area contributed by atoms with Gasteiger partial charge < -0.3 is 5.32 Å². The Hall–Kier alpha value is -0.0800. The summed E-state index contributed by atoms with van der Waals surface area (Å²) in [7, 11) is 0. The van der Waals surface area contributed by atoms with Crippen LogP contribution in [0.2, 0.25) is 0 Å². The van der Waals surface area contributed by atoms with Crippen LogP contribution >= 0.6 is 0 Å². The number of nitrogens with zero attached hydrogens (tertiary/aromatic N) is 1. The van der Waals surface area contributed by atoms with Crippen molar-refractivity contribution in [3.63, 3.8) is 0 Å². The molecule has 1 aliphatic carbocycles. The monoisotopic (exact) mass is 296 g/mol. The van der Waals surface area contributed by atoms with Crippen LogP contribution in [0.15, 0.2) is 0 Å². The van der Waals surface area contributed by atoms with E-state index in [-0.39, 0.29) is 0 Å². The highest BCUT2D eigenvalue weighted by atomic mass is 15.2. The van der Waals surface area contributed by atoms with Gasteiger partial charge in [0.2, 0.25) is 0 Å². The van der Waals surface area contributed by atoms with Crippen LogP contribution < -0.4 is 5.32 Å². The van der Waals surface area contributed by atoms with Crippen molar-refractivity contribution in [1.82, 2.24) is 10.2 Å². The first kappa shape index (κ1) is 19.0. The van der Waals surface area contributed by atoms with Crippen LogP contribution in [0, 0.1) is 17.8 Å². The fraction of sp³-hybridized carbons (Fsp3) is 1.00. The normalized spacial score (nSPS) is 18.6. The van der Waals surface area contributed by atoms with Crippen LogP contribution in [0.4, 0.5) is 0 Å². The van der Waals surface area contributed by atoms with Gasteiger partial charge in [0.15, 0.2) is 0 Å². The highest BCUT2D eigenvalue weighted by Gasteiger charge is 2.30. The van der Waals surface area contributed by atoms with Gasteiger partial charge in [0.25, 0.3) is 0 Å². The highest BCUT2D eigenvalue weighted by molar-refractivity contribution is 4.86.